The van der Waals surface area contributed by atoms with Gasteiger partial charge in [-0.2, -0.15) is 0 Å². The molecule has 0 unspecified atom stereocenters. The van der Waals surface area contributed by atoms with Crippen LogP contribution in [0, 0.1) is 5.82 Å². The molecule has 0 amide bonds. The van der Waals surface area contributed by atoms with Crippen LogP contribution in [0.4, 0.5) is 4.39 Å². The van der Waals surface area contributed by atoms with Crippen molar-refractivity contribution < 1.29 is 9.50 Å². The summed E-state index contributed by atoms with van der Waals surface area (Å²) >= 11 is 0. The largest absolute Gasteiger partial charge is 0.508 e. The van der Waals surface area contributed by atoms with Gasteiger partial charge in [-0.15, -0.1) is 12.4 Å². The van der Waals surface area contributed by atoms with Gasteiger partial charge in [-0.05, 0) is 12.5 Å². The van der Waals surface area contributed by atoms with Gasteiger partial charge in [0.1, 0.15) is 11.6 Å². The quantitative estimate of drug-likeness (QED) is 0.888. The molecule has 0 bridgehead atoms. The first kappa shape index (κ1) is 15.2. The van der Waals surface area contributed by atoms with Crippen molar-refractivity contribution >= 4 is 12.4 Å². The molecular weight excluding hydrogens is 255 g/mol. The fourth-order valence-electron chi connectivity index (χ4n) is 2.45. The Kier molecular flexibility index (Phi) is 5.85. The third kappa shape index (κ3) is 3.34. The van der Waals surface area contributed by atoms with E-state index in [1.54, 1.807) is 12.1 Å². The molecule has 18 heavy (non-hydrogen) atoms. The third-order valence-corrected chi connectivity index (χ3v) is 3.32. The maximum absolute atomic E-state index is 13.8. The van der Waals surface area contributed by atoms with Crippen molar-refractivity contribution in [2.75, 3.05) is 26.2 Å². The summed E-state index contributed by atoms with van der Waals surface area (Å²) in [6.45, 7) is 5.86. The highest BCUT2D eigenvalue weighted by molar-refractivity contribution is 5.85. The summed E-state index contributed by atoms with van der Waals surface area (Å²) in [6.07, 6.45) is 0.877. The van der Waals surface area contributed by atoms with E-state index in [9.17, 15) is 9.50 Å². The zero-order chi connectivity index (χ0) is 12.3. The summed E-state index contributed by atoms with van der Waals surface area (Å²) in [4.78, 5) is 2.30. The van der Waals surface area contributed by atoms with Gasteiger partial charge in [0.2, 0.25) is 0 Å². The smallest absolute Gasteiger partial charge is 0.131 e. The molecule has 1 fully saturated rings. The van der Waals surface area contributed by atoms with Crippen molar-refractivity contribution in [1.29, 1.82) is 0 Å². The van der Waals surface area contributed by atoms with Gasteiger partial charge in [0.15, 0.2) is 0 Å². The van der Waals surface area contributed by atoms with Crippen LogP contribution in [-0.4, -0.2) is 36.2 Å². The van der Waals surface area contributed by atoms with Crippen molar-refractivity contribution in [3.05, 3.63) is 29.6 Å². The molecule has 1 atom stereocenters. The Morgan fingerprint density at radius 1 is 1.39 bits per heavy atom. The first-order valence-corrected chi connectivity index (χ1v) is 6.15. The van der Waals surface area contributed by atoms with E-state index in [1.165, 1.54) is 6.07 Å². The standard InChI is InChI=1S/C13H19FN2O.ClH/c1-2-13(16-7-5-15-6-8-16)11-4-3-10(17)9-12(11)14;/h3-4,9,13,15,17H,2,5-8H2,1H3;1H/t13-;/m0./s1. The monoisotopic (exact) mass is 274 g/mol. The second-order valence-electron chi connectivity index (χ2n) is 4.42. The van der Waals surface area contributed by atoms with Crippen molar-refractivity contribution in [3.63, 3.8) is 0 Å². The zero-order valence-corrected chi connectivity index (χ0v) is 11.3. The average molecular weight is 275 g/mol. The molecule has 0 spiro atoms. The highest BCUT2D eigenvalue weighted by atomic mass is 35.5. The normalized spacial score (nSPS) is 18.1. The summed E-state index contributed by atoms with van der Waals surface area (Å²) in [5.41, 5.74) is 0.687. The number of benzene rings is 1. The third-order valence-electron chi connectivity index (χ3n) is 3.32. The summed E-state index contributed by atoms with van der Waals surface area (Å²) in [5.74, 6) is -0.322. The second kappa shape index (κ2) is 6.92. The average Bonchev–Trinajstić information content (AvgIpc) is 2.34. The number of halogens is 2. The molecule has 1 saturated heterocycles. The minimum absolute atomic E-state index is 0. The van der Waals surface area contributed by atoms with Crippen LogP contribution in [-0.2, 0) is 0 Å². The highest BCUT2D eigenvalue weighted by Gasteiger charge is 2.22. The number of piperazine rings is 1. The molecular formula is C13H20ClFN2O. The molecule has 1 aliphatic heterocycles. The lowest BCUT2D eigenvalue weighted by molar-refractivity contribution is 0.166. The summed E-state index contributed by atoms with van der Waals surface area (Å²) in [6, 6.07) is 4.56. The maximum atomic E-state index is 13.8. The first-order chi connectivity index (χ1) is 8.22. The molecule has 3 nitrogen and oxygen atoms in total. The van der Waals surface area contributed by atoms with Gasteiger partial charge >= 0.3 is 0 Å². The SMILES string of the molecule is CC[C@@H](c1ccc(O)cc1F)N1CCNCC1.Cl. The van der Waals surface area contributed by atoms with Gasteiger partial charge in [-0.3, -0.25) is 4.90 Å². The van der Waals surface area contributed by atoms with Crippen LogP contribution in [0.2, 0.25) is 0 Å². The van der Waals surface area contributed by atoms with Gasteiger partial charge in [0.25, 0.3) is 0 Å². The Balaban J connectivity index is 0.00000162. The topological polar surface area (TPSA) is 35.5 Å². The number of aromatic hydroxyl groups is 1. The lowest BCUT2D eigenvalue weighted by Gasteiger charge is -2.34. The van der Waals surface area contributed by atoms with E-state index in [1.807, 2.05) is 0 Å². The van der Waals surface area contributed by atoms with E-state index in [-0.39, 0.29) is 30.0 Å². The van der Waals surface area contributed by atoms with E-state index in [2.05, 4.69) is 17.1 Å². The molecule has 1 heterocycles. The molecule has 0 aliphatic carbocycles. The molecule has 0 aromatic heterocycles. The number of rotatable bonds is 3. The van der Waals surface area contributed by atoms with Crippen LogP contribution >= 0.6 is 12.4 Å². The number of hydrogen-bond acceptors (Lipinski definition) is 3. The van der Waals surface area contributed by atoms with Gasteiger partial charge in [0.05, 0.1) is 0 Å². The fraction of sp³-hybridized carbons (Fsp3) is 0.538. The molecule has 0 saturated carbocycles. The fourth-order valence-corrected chi connectivity index (χ4v) is 2.45. The van der Waals surface area contributed by atoms with E-state index < -0.39 is 0 Å². The van der Waals surface area contributed by atoms with Crippen LogP contribution in [0.5, 0.6) is 5.75 Å². The van der Waals surface area contributed by atoms with Gasteiger partial charge in [-0.1, -0.05) is 13.0 Å². The molecule has 0 radical (unpaired) electrons. The van der Waals surface area contributed by atoms with Gasteiger partial charge in [0, 0.05) is 43.9 Å². The Bertz CT molecular complexity index is 383. The number of hydrogen-bond donors (Lipinski definition) is 2. The van der Waals surface area contributed by atoms with Crippen LogP contribution < -0.4 is 5.32 Å². The minimum Gasteiger partial charge on any atom is -0.508 e. The van der Waals surface area contributed by atoms with Crippen LogP contribution in [0.25, 0.3) is 0 Å². The molecule has 2 rings (SSSR count). The highest BCUT2D eigenvalue weighted by Crippen LogP contribution is 2.28. The first-order valence-electron chi connectivity index (χ1n) is 6.15. The number of nitrogens with one attached hydrogen (secondary N) is 1. The molecule has 102 valence electrons. The van der Waals surface area contributed by atoms with E-state index in [4.69, 9.17) is 0 Å². The summed E-state index contributed by atoms with van der Waals surface area (Å²) in [7, 11) is 0. The van der Waals surface area contributed by atoms with Crippen molar-refractivity contribution in [2.24, 2.45) is 0 Å². The lowest BCUT2D eigenvalue weighted by atomic mass is 10.0. The zero-order valence-electron chi connectivity index (χ0n) is 10.5. The van der Waals surface area contributed by atoms with Crippen LogP contribution in [0.3, 0.4) is 0 Å². The molecule has 1 aromatic rings. The van der Waals surface area contributed by atoms with E-state index in [0.717, 1.165) is 32.6 Å². The van der Waals surface area contributed by atoms with Crippen LogP contribution in [0.15, 0.2) is 18.2 Å². The van der Waals surface area contributed by atoms with Crippen LogP contribution in [0.1, 0.15) is 24.9 Å². The Hall–Kier alpha value is -0.840. The Morgan fingerprint density at radius 2 is 2.06 bits per heavy atom. The molecule has 2 N–H and O–H groups in total. The molecule has 1 aromatic carbocycles. The summed E-state index contributed by atoms with van der Waals surface area (Å²) in [5, 5.41) is 12.5. The van der Waals surface area contributed by atoms with Crippen molar-refractivity contribution in [2.45, 2.75) is 19.4 Å². The van der Waals surface area contributed by atoms with Gasteiger partial charge < -0.3 is 10.4 Å². The second-order valence-corrected chi connectivity index (χ2v) is 4.42. The Labute approximate surface area is 113 Å². The summed E-state index contributed by atoms with van der Waals surface area (Å²) < 4.78 is 13.8. The van der Waals surface area contributed by atoms with Crippen molar-refractivity contribution in [3.8, 4) is 5.75 Å². The lowest BCUT2D eigenvalue weighted by Crippen LogP contribution is -2.45. The molecule has 5 heteroatoms. The predicted octanol–water partition coefficient (Wildman–Crippen LogP) is 2.31. The number of nitrogens with zero attached hydrogens (tertiary/aromatic N) is 1. The van der Waals surface area contributed by atoms with Gasteiger partial charge in [-0.25, -0.2) is 4.39 Å². The predicted molar refractivity (Wildman–Crippen MR) is 72.8 cm³/mol. The van der Waals surface area contributed by atoms with E-state index in [0.29, 0.717) is 5.56 Å². The minimum atomic E-state index is -0.310. The molecule has 1 aliphatic rings. The maximum Gasteiger partial charge on any atom is 0.131 e. The number of phenols is 1. The Morgan fingerprint density at radius 3 is 2.61 bits per heavy atom. The number of phenolic OH excluding ortho intramolecular Hbond substituents is 1. The van der Waals surface area contributed by atoms with E-state index >= 15 is 0 Å². The van der Waals surface area contributed by atoms with Crippen molar-refractivity contribution in [1.82, 2.24) is 10.2 Å².